The molecule has 3 heteroatoms. The molecule has 2 rings (SSSR count). The van der Waals surface area contributed by atoms with Crippen molar-refractivity contribution >= 4 is 22.9 Å². The molecule has 1 saturated heterocycles. The van der Waals surface area contributed by atoms with Crippen LogP contribution in [0.5, 0.6) is 0 Å². The molecule has 0 aliphatic carbocycles. The Morgan fingerprint density at radius 3 is 3.12 bits per heavy atom. The Labute approximate surface area is 107 Å². The van der Waals surface area contributed by atoms with Crippen LogP contribution in [0, 0.1) is 0 Å². The number of hydrogen-bond donors (Lipinski definition) is 0. The average molecular weight is 259 g/mol. The van der Waals surface area contributed by atoms with Crippen LogP contribution in [0.1, 0.15) is 37.0 Å². The highest BCUT2D eigenvalue weighted by Gasteiger charge is 2.16. The lowest BCUT2D eigenvalue weighted by Gasteiger charge is -2.23. The van der Waals surface area contributed by atoms with Crippen molar-refractivity contribution in [1.82, 2.24) is 0 Å². The number of hydrogen-bond acceptors (Lipinski definition) is 2. The Kier molecular flexibility index (Phi) is 5.14. The van der Waals surface area contributed by atoms with E-state index >= 15 is 0 Å². The fourth-order valence-electron chi connectivity index (χ4n) is 2.15. The van der Waals surface area contributed by atoms with Crippen LogP contribution < -0.4 is 0 Å². The summed E-state index contributed by atoms with van der Waals surface area (Å²) < 4.78 is 5.71. The van der Waals surface area contributed by atoms with Crippen molar-refractivity contribution in [3.05, 3.63) is 22.4 Å². The maximum Gasteiger partial charge on any atom is 0.0575 e. The standard InChI is InChI=1S/C13H19ClOS/c14-11(10-13-5-3-9-16-13)6-7-12-4-1-2-8-15-12/h3,5,9,11-12H,1-2,4,6-8,10H2. The van der Waals surface area contributed by atoms with E-state index in [1.54, 1.807) is 11.3 Å². The zero-order chi connectivity index (χ0) is 11.2. The lowest BCUT2D eigenvalue weighted by atomic mass is 10.0. The number of ether oxygens (including phenoxy) is 1. The largest absolute Gasteiger partial charge is 0.378 e. The van der Waals surface area contributed by atoms with Crippen LogP contribution in [0.2, 0.25) is 0 Å². The summed E-state index contributed by atoms with van der Waals surface area (Å²) in [7, 11) is 0. The Bertz CT molecular complexity index is 280. The van der Waals surface area contributed by atoms with Crippen molar-refractivity contribution in [1.29, 1.82) is 0 Å². The molecule has 1 aliphatic rings. The normalized spacial score (nSPS) is 23.2. The van der Waals surface area contributed by atoms with E-state index in [0.29, 0.717) is 6.10 Å². The fraction of sp³-hybridized carbons (Fsp3) is 0.692. The summed E-state index contributed by atoms with van der Waals surface area (Å²) in [5.74, 6) is 0. The van der Waals surface area contributed by atoms with Gasteiger partial charge in [0.1, 0.15) is 0 Å². The molecule has 2 heterocycles. The molecule has 90 valence electrons. The highest BCUT2D eigenvalue weighted by molar-refractivity contribution is 7.09. The third-order valence-electron chi connectivity index (χ3n) is 3.08. The van der Waals surface area contributed by atoms with Gasteiger partial charge >= 0.3 is 0 Å². The third-order valence-corrected chi connectivity index (χ3v) is 4.35. The molecule has 0 amide bonds. The lowest BCUT2D eigenvalue weighted by Crippen LogP contribution is -2.20. The molecule has 0 radical (unpaired) electrons. The van der Waals surface area contributed by atoms with Gasteiger partial charge in [0.2, 0.25) is 0 Å². The van der Waals surface area contributed by atoms with Crippen molar-refractivity contribution in [2.24, 2.45) is 0 Å². The molecule has 2 atom stereocenters. The van der Waals surface area contributed by atoms with E-state index in [1.807, 2.05) is 0 Å². The van der Waals surface area contributed by atoms with Gasteiger partial charge < -0.3 is 4.74 Å². The van der Waals surface area contributed by atoms with Gasteiger partial charge in [-0.25, -0.2) is 0 Å². The van der Waals surface area contributed by atoms with E-state index in [4.69, 9.17) is 16.3 Å². The minimum atomic E-state index is 0.268. The van der Waals surface area contributed by atoms with Gasteiger partial charge in [-0.1, -0.05) is 6.07 Å². The summed E-state index contributed by atoms with van der Waals surface area (Å²) in [6, 6.07) is 4.25. The van der Waals surface area contributed by atoms with E-state index in [0.717, 1.165) is 25.9 Å². The van der Waals surface area contributed by atoms with Crippen LogP contribution >= 0.6 is 22.9 Å². The summed E-state index contributed by atoms with van der Waals surface area (Å²) in [6.45, 7) is 0.947. The second kappa shape index (κ2) is 6.63. The SMILES string of the molecule is ClC(CCC1CCCCO1)Cc1cccs1. The summed E-state index contributed by atoms with van der Waals surface area (Å²) in [6.07, 6.45) is 7.45. The van der Waals surface area contributed by atoms with Gasteiger partial charge in [0, 0.05) is 16.9 Å². The maximum atomic E-state index is 6.34. The van der Waals surface area contributed by atoms with Gasteiger partial charge in [-0.15, -0.1) is 22.9 Å². The van der Waals surface area contributed by atoms with Crippen molar-refractivity contribution in [3.8, 4) is 0 Å². The van der Waals surface area contributed by atoms with Crippen LogP contribution in [0.4, 0.5) is 0 Å². The molecule has 1 aromatic heterocycles. The van der Waals surface area contributed by atoms with E-state index in [9.17, 15) is 0 Å². The maximum absolute atomic E-state index is 6.34. The number of thiophene rings is 1. The number of rotatable bonds is 5. The minimum absolute atomic E-state index is 0.268. The molecule has 16 heavy (non-hydrogen) atoms. The highest BCUT2D eigenvalue weighted by Crippen LogP contribution is 2.22. The van der Waals surface area contributed by atoms with Crippen molar-refractivity contribution in [2.75, 3.05) is 6.61 Å². The molecule has 0 spiro atoms. The zero-order valence-electron chi connectivity index (χ0n) is 9.53. The lowest BCUT2D eigenvalue weighted by molar-refractivity contribution is 0.0100. The second-order valence-corrected chi connectivity index (χ2v) is 6.10. The molecule has 1 fully saturated rings. The molecule has 1 nitrogen and oxygen atoms in total. The molecular weight excluding hydrogens is 240 g/mol. The average Bonchev–Trinajstić information content (AvgIpc) is 2.81. The zero-order valence-corrected chi connectivity index (χ0v) is 11.1. The predicted octanol–water partition coefficient (Wildman–Crippen LogP) is 4.25. The van der Waals surface area contributed by atoms with Crippen LogP contribution in [0.3, 0.4) is 0 Å². The Hall–Kier alpha value is -0.0500. The van der Waals surface area contributed by atoms with Gasteiger partial charge in [0.15, 0.2) is 0 Å². The fourth-order valence-corrected chi connectivity index (χ4v) is 3.32. The van der Waals surface area contributed by atoms with Crippen LogP contribution in [0.25, 0.3) is 0 Å². The van der Waals surface area contributed by atoms with Gasteiger partial charge in [-0.3, -0.25) is 0 Å². The van der Waals surface area contributed by atoms with Crippen molar-refractivity contribution in [3.63, 3.8) is 0 Å². The Morgan fingerprint density at radius 2 is 2.44 bits per heavy atom. The molecular formula is C13H19ClOS. The first kappa shape index (κ1) is 12.4. The van der Waals surface area contributed by atoms with Crippen molar-refractivity contribution < 1.29 is 4.74 Å². The van der Waals surface area contributed by atoms with Crippen LogP contribution in [0.15, 0.2) is 17.5 Å². The van der Waals surface area contributed by atoms with Gasteiger partial charge in [-0.2, -0.15) is 0 Å². The van der Waals surface area contributed by atoms with Crippen LogP contribution in [-0.2, 0) is 11.2 Å². The Balaban J connectivity index is 1.65. The molecule has 0 bridgehead atoms. The quantitative estimate of drug-likeness (QED) is 0.718. The second-order valence-electron chi connectivity index (χ2n) is 4.45. The Morgan fingerprint density at radius 1 is 1.50 bits per heavy atom. The number of halogens is 1. The first-order valence-electron chi connectivity index (χ1n) is 6.12. The number of alkyl halides is 1. The van der Waals surface area contributed by atoms with Crippen LogP contribution in [-0.4, -0.2) is 18.1 Å². The van der Waals surface area contributed by atoms with E-state index in [2.05, 4.69) is 17.5 Å². The highest BCUT2D eigenvalue weighted by atomic mass is 35.5. The van der Waals surface area contributed by atoms with E-state index in [-0.39, 0.29) is 5.38 Å². The third kappa shape index (κ3) is 4.08. The molecule has 0 aromatic carbocycles. The van der Waals surface area contributed by atoms with E-state index in [1.165, 1.54) is 24.1 Å². The molecule has 0 saturated carbocycles. The van der Waals surface area contributed by atoms with Gasteiger partial charge in [-0.05, 0) is 50.0 Å². The predicted molar refractivity (Wildman–Crippen MR) is 70.5 cm³/mol. The van der Waals surface area contributed by atoms with Gasteiger partial charge in [0.05, 0.1) is 6.10 Å². The van der Waals surface area contributed by atoms with Gasteiger partial charge in [0.25, 0.3) is 0 Å². The summed E-state index contributed by atoms with van der Waals surface area (Å²) in [5.41, 5.74) is 0. The monoisotopic (exact) mass is 258 g/mol. The molecule has 1 aliphatic heterocycles. The molecule has 0 N–H and O–H groups in total. The van der Waals surface area contributed by atoms with E-state index < -0.39 is 0 Å². The topological polar surface area (TPSA) is 9.23 Å². The molecule has 1 aromatic rings. The first-order chi connectivity index (χ1) is 7.84. The first-order valence-corrected chi connectivity index (χ1v) is 7.44. The molecule has 2 unspecified atom stereocenters. The van der Waals surface area contributed by atoms with Crippen molar-refractivity contribution in [2.45, 2.75) is 50.0 Å². The minimum Gasteiger partial charge on any atom is -0.378 e. The summed E-state index contributed by atoms with van der Waals surface area (Å²) in [4.78, 5) is 1.39. The summed E-state index contributed by atoms with van der Waals surface area (Å²) in [5, 5.41) is 2.38. The summed E-state index contributed by atoms with van der Waals surface area (Å²) >= 11 is 8.14. The smallest absolute Gasteiger partial charge is 0.0575 e.